The molecule has 110 valence electrons. The Kier molecular flexibility index (Phi) is 4.81. The van der Waals surface area contributed by atoms with Crippen molar-refractivity contribution in [2.75, 3.05) is 26.9 Å². The Hall–Kier alpha value is -1.79. The molecule has 2 rings (SSSR count). The third kappa shape index (κ3) is 3.40. The summed E-state index contributed by atoms with van der Waals surface area (Å²) in [4.78, 5) is 11.9. The number of carbonyl (C=O) groups is 1. The van der Waals surface area contributed by atoms with Crippen LogP contribution in [0.1, 0.15) is 18.5 Å². The highest BCUT2D eigenvalue weighted by Crippen LogP contribution is 2.34. The fourth-order valence-corrected chi connectivity index (χ4v) is 2.14. The number of aromatic hydroxyl groups is 1. The number of hydrogen-bond acceptors (Lipinski definition) is 5. The van der Waals surface area contributed by atoms with Gasteiger partial charge in [0.05, 0.1) is 18.7 Å². The first kappa shape index (κ1) is 14.6. The highest BCUT2D eigenvalue weighted by molar-refractivity contribution is 5.81. The molecule has 6 nitrogen and oxygen atoms in total. The van der Waals surface area contributed by atoms with E-state index in [2.05, 4.69) is 10.6 Å². The summed E-state index contributed by atoms with van der Waals surface area (Å²) in [5, 5.41) is 15.4. The molecule has 1 aromatic carbocycles. The predicted molar refractivity (Wildman–Crippen MR) is 73.8 cm³/mol. The van der Waals surface area contributed by atoms with Gasteiger partial charge < -0.3 is 19.9 Å². The normalized spacial score (nSPS) is 18.2. The van der Waals surface area contributed by atoms with E-state index in [1.165, 1.54) is 0 Å². The molecule has 3 N–H and O–H groups in total. The van der Waals surface area contributed by atoms with Crippen molar-refractivity contribution in [1.82, 2.24) is 10.6 Å². The van der Waals surface area contributed by atoms with Gasteiger partial charge in [0.25, 0.3) is 0 Å². The largest absolute Gasteiger partial charge is 0.508 e. The van der Waals surface area contributed by atoms with Crippen LogP contribution in [0.5, 0.6) is 11.5 Å². The van der Waals surface area contributed by atoms with Gasteiger partial charge in [-0.1, -0.05) is 0 Å². The number of hydrogen-bond donors (Lipinski definition) is 3. The third-order valence-corrected chi connectivity index (χ3v) is 3.23. The molecule has 1 aliphatic heterocycles. The summed E-state index contributed by atoms with van der Waals surface area (Å²) in [6.45, 7) is 3.25. The molecule has 0 radical (unpaired) electrons. The lowest BCUT2D eigenvalue weighted by atomic mass is 10.1. The van der Waals surface area contributed by atoms with Gasteiger partial charge in [0.1, 0.15) is 18.1 Å². The fourth-order valence-electron chi connectivity index (χ4n) is 2.14. The molecule has 1 aliphatic rings. The predicted octanol–water partition coefficient (Wildman–Crippen LogP) is 0.566. The van der Waals surface area contributed by atoms with Gasteiger partial charge in [0.2, 0.25) is 5.91 Å². The van der Waals surface area contributed by atoms with Crippen molar-refractivity contribution in [3.05, 3.63) is 23.8 Å². The van der Waals surface area contributed by atoms with Gasteiger partial charge in [-0.25, -0.2) is 0 Å². The minimum Gasteiger partial charge on any atom is -0.508 e. The van der Waals surface area contributed by atoms with E-state index >= 15 is 0 Å². The summed E-state index contributed by atoms with van der Waals surface area (Å²) >= 11 is 0. The van der Waals surface area contributed by atoms with Crippen LogP contribution in [0.25, 0.3) is 0 Å². The van der Waals surface area contributed by atoms with Crippen LogP contribution >= 0.6 is 0 Å². The number of amides is 1. The van der Waals surface area contributed by atoms with Crippen LogP contribution in [0.3, 0.4) is 0 Å². The average Bonchev–Trinajstić information content (AvgIpc) is 2.81. The SMILES string of the molecule is COCCNC(=O)C(C)NC1COc2cc(O)ccc21. The highest BCUT2D eigenvalue weighted by Gasteiger charge is 2.27. The van der Waals surface area contributed by atoms with Crippen LogP contribution in [0.15, 0.2) is 18.2 Å². The van der Waals surface area contributed by atoms with Gasteiger partial charge >= 0.3 is 0 Å². The molecule has 2 atom stereocenters. The third-order valence-electron chi connectivity index (χ3n) is 3.23. The van der Waals surface area contributed by atoms with Gasteiger partial charge in [-0.2, -0.15) is 0 Å². The Labute approximate surface area is 118 Å². The molecule has 1 aromatic rings. The number of nitrogens with one attached hydrogen (secondary N) is 2. The van der Waals surface area contributed by atoms with Crippen LogP contribution in [-0.2, 0) is 9.53 Å². The van der Waals surface area contributed by atoms with Gasteiger partial charge in [-0.3, -0.25) is 10.1 Å². The summed E-state index contributed by atoms with van der Waals surface area (Å²) < 4.78 is 10.4. The maximum absolute atomic E-state index is 11.9. The van der Waals surface area contributed by atoms with Crippen molar-refractivity contribution in [2.45, 2.75) is 19.0 Å². The Morgan fingerprint density at radius 1 is 1.60 bits per heavy atom. The Balaban J connectivity index is 1.90. The Bertz CT molecular complexity index is 478. The Morgan fingerprint density at radius 2 is 2.40 bits per heavy atom. The molecule has 1 amide bonds. The zero-order chi connectivity index (χ0) is 14.5. The molecular weight excluding hydrogens is 260 g/mol. The summed E-state index contributed by atoms with van der Waals surface area (Å²) in [6, 6.07) is 4.63. The first-order valence-corrected chi connectivity index (χ1v) is 6.60. The van der Waals surface area contributed by atoms with Crippen LogP contribution in [-0.4, -0.2) is 43.9 Å². The monoisotopic (exact) mass is 280 g/mol. The van der Waals surface area contributed by atoms with Crippen LogP contribution in [0.4, 0.5) is 0 Å². The molecule has 1 heterocycles. The average molecular weight is 280 g/mol. The smallest absolute Gasteiger partial charge is 0.236 e. The van der Waals surface area contributed by atoms with Crippen LogP contribution in [0, 0.1) is 0 Å². The zero-order valence-electron chi connectivity index (χ0n) is 11.7. The molecular formula is C14H20N2O4. The number of ether oxygens (including phenoxy) is 2. The van der Waals surface area contributed by atoms with Crippen molar-refractivity contribution < 1.29 is 19.4 Å². The minimum atomic E-state index is -0.333. The van der Waals surface area contributed by atoms with E-state index in [0.29, 0.717) is 25.5 Å². The molecule has 20 heavy (non-hydrogen) atoms. The molecule has 0 fully saturated rings. The standard InChI is InChI=1S/C14H20N2O4/c1-9(14(18)15-5-6-19-2)16-12-8-20-13-7-10(17)3-4-11(12)13/h3-4,7,9,12,16-17H,5-6,8H2,1-2H3,(H,15,18). The molecule has 0 saturated heterocycles. The quantitative estimate of drug-likeness (QED) is 0.664. The topological polar surface area (TPSA) is 79.8 Å². The molecule has 0 saturated carbocycles. The number of benzene rings is 1. The van der Waals surface area contributed by atoms with E-state index in [0.717, 1.165) is 5.56 Å². The van der Waals surface area contributed by atoms with E-state index < -0.39 is 0 Å². The van der Waals surface area contributed by atoms with E-state index in [-0.39, 0.29) is 23.7 Å². The zero-order valence-corrected chi connectivity index (χ0v) is 11.7. The number of phenolic OH excluding ortho intramolecular Hbond substituents is 1. The molecule has 2 unspecified atom stereocenters. The minimum absolute atomic E-state index is 0.0474. The number of rotatable bonds is 6. The van der Waals surface area contributed by atoms with E-state index in [1.54, 1.807) is 26.2 Å². The van der Waals surface area contributed by atoms with Gasteiger partial charge in [0, 0.05) is 25.3 Å². The number of methoxy groups -OCH3 is 1. The van der Waals surface area contributed by atoms with Crippen LogP contribution in [0.2, 0.25) is 0 Å². The van der Waals surface area contributed by atoms with Crippen molar-refractivity contribution in [2.24, 2.45) is 0 Å². The summed E-state index contributed by atoms with van der Waals surface area (Å²) in [6.07, 6.45) is 0. The second-order valence-corrected chi connectivity index (χ2v) is 4.76. The lowest BCUT2D eigenvalue weighted by molar-refractivity contribution is -0.123. The van der Waals surface area contributed by atoms with E-state index in [1.807, 2.05) is 6.07 Å². The highest BCUT2D eigenvalue weighted by atomic mass is 16.5. The van der Waals surface area contributed by atoms with Gasteiger partial charge in [-0.15, -0.1) is 0 Å². The van der Waals surface area contributed by atoms with E-state index in [4.69, 9.17) is 9.47 Å². The molecule has 0 aromatic heterocycles. The lowest BCUT2D eigenvalue weighted by Gasteiger charge is -2.18. The molecule has 0 aliphatic carbocycles. The van der Waals surface area contributed by atoms with E-state index in [9.17, 15) is 9.90 Å². The molecule has 6 heteroatoms. The number of fused-ring (bicyclic) bond motifs is 1. The first-order valence-electron chi connectivity index (χ1n) is 6.60. The maximum Gasteiger partial charge on any atom is 0.236 e. The number of carbonyl (C=O) groups excluding carboxylic acids is 1. The second-order valence-electron chi connectivity index (χ2n) is 4.76. The Morgan fingerprint density at radius 3 is 3.15 bits per heavy atom. The summed E-state index contributed by atoms with van der Waals surface area (Å²) in [7, 11) is 1.59. The van der Waals surface area contributed by atoms with Crippen molar-refractivity contribution in [1.29, 1.82) is 0 Å². The molecule has 0 bridgehead atoms. The van der Waals surface area contributed by atoms with Gasteiger partial charge in [0.15, 0.2) is 0 Å². The maximum atomic E-state index is 11.9. The summed E-state index contributed by atoms with van der Waals surface area (Å²) in [5.74, 6) is 0.763. The van der Waals surface area contributed by atoms with Gasteiger partial charge in [-0.05, 0) is 19.1 Å². The first-order chi connectivity index (χ1) is 9.61. The van der Waals surface area contributed by atoms with Crippen molar-refractivity contribution >= 4 is 5.91 Å². The summed E-state index contributed by atoms with van der Waals surface area (Å²) in [5.41, 5.74) is 0.958. The van der Waals surface area contributed by atoms with Crippen molar-refractivity contribution in [3.63, 3.8) is 0 Å². The molecule has 0 spiro atoms. The second kappa shape index (κ2) is 6.58. The fraction of sp³-hybridized carbons (Fsp3) is 0.500. The van der Waals surface area contributed by atoms with Crippen molar-refractivity contribution in [3.8, 4) is 11.5 Å². The van der Waals surface area contributed by atoms with Crippen LogP contribution < -0.4 is 15.4 Å². The lowest BCUT2D eigenvalue weighted by Crippen LogP contribution is -2.44. The number of phenols is 1.